The standard InChI is InChI=1S/C14H12N4O3S2/c1-8-6-22-13(15-8)16-11(20)7-23-14-18-17-12(21-14)9-2-4-10(19)5-3-9/h2-6,19H,7H2,1H3,(H,15,16,20). The second-order valence-electron chi connectivity index (χ2n) is 4.55. The van der Waals surface area contributed by atoms with Crippen molar-refractivity contribution in [2.75, 3.05) is 11.1 Å². The highest BCUT2D eigenvalue weighted by molar-refractivity contribution is 7.99. The maximum Gasteiger partial charge on any atom is 0.277 e. The predicted molar refractivity (Wildman–Crippen MR) is 87.6 cm³/mol. The van der Waals surface area contributed by atoms with E-state index >= 15 is 0 Å². The van der Waals surface area contributed by atoms with Gasteiger partial charge < -0.3 is 14.8 Å². The number of nitrogens with zero attached hydrogens (tertiary/aromatic N) is 3. The van der Waals surface area contributed by atoms with Crippen LogP contribution in [0.4, 0.5) is 5.13 Å². The molecule has 0 saturated carbocycles. The number of phenolic OH excluding ortho intramolecular Hbond substituents is 1. The number of carbonyl (C=O) groups is 1. The number of aryl methyl sites for hydroxylation is 1. The summed E-state index contributed by atoms with van der Waals surface area (Å²) in [5, 5.41) is 22.5. The molecular weight excluding hydrogens is 336 g/mol. The molecule has 3 rings (SSSR count). The zero-order chi connectivity index (χ0) is 16.2. The van der Waals surface area contributed by atoms with E-state index in [4.69, 9.17) is 4.42 Å². The number of aromatic nitrogens is 3. The van der Waals surface area contributed by atoms with Crippen molar-refractivity contribution in [1.29, 1.82) is 0 Å². The van der Waals surface area contributed by atoms with E-state index in [1.165, 1.54) is 23.5 Å². The van der Waals surface area contributed by atoms with Gasteiger partial charge in [0.25, 0.3) is 5.22 Å². The number of hydrogen-bond acceptors (Lipinski definition) is 8. The van der Waals surface area contributed by atoms with Gasteiger partial charge in [-0.05, 0) is 31.2 Å². The van der Waals surface area contributed by atoms with E-state index in [9.17, 15) is 9.90 Å². The second kappa shape index (κ2) is 6.80. The average Bonchev–Trinajstić information content (AvgIpc) is 3.15. The molecule has 0 aliphatic carbocycles. The van der Waals surface area contributed by atoms with Gasteiger partial charge in [0, 0.05) is 10.9 Å². The van der Waals surface area contributed by atoms with Gasteiger partial charge in [0.1, 0.15) is 5.75 Å². The molecule has 9 heteroatoms. The minimum Gasteiger partial charge on any atom is -0.508 e. The van der Waals surface area contributed by atoms with Crippen LogP contribution in [0.15, 0.2) is 39.3 Å². The molecule has 0 spiro atoms. The highest BCUT2D eigenvalue weighted by Gasteiger charge is 2.12. The number of benzene rings is 1. The molecule has 2 heterocycles. The topological polar surface area (TPSA) is 101 Å². The van der Waals surface area contributed by atoms with Crippen molar-refractivity contribution in [1.82, 2.24) is 15.2 Å². The fourth-order valence-electron chi connectivity index (χ4n) is 1.68. The molecule has 0 radical (unpaired) electrons. The monoisotopic (exact) mass is 348 g/mol. The Morgan fingerprint density at radius 2 is 2.13 bits per heavy atom. The third-order valence-electron chi connectivity index (χ3n) is 2.71. The molecule has 2 N–H and O–H groups in total. The van der Waals surface area contributed by atoms with E-state index in [2.05, 4.69) is 20.5 Å². The van der Waals surface area contributed by atoms with Crippen molar-refractivity contribution in [3.8, 4) is 17.2 Å². The van der Waals surface area contributed by atoms with Crippen LogP contribution in [0, 0.1) is 6.92 Å². The van der Waals surface area contributed by atoms with Crippen LogP contribution in [0.3, 0.4) is 0 Å². The van der Waals surface area contributed by atoms with Crippen LogP contribution < -0.4 is 5.32 Å². The number of thioether (sulfide) groups is 1. The fourth-order valence-corrected chi connectivity index (χ4v) is 2.95. The van der Waals surface area contributed by atoms with E-state index < -0.39 is 0 Å². The molecule has 23 heavy (non-hydrogen) atoms. The Bertz CT molecular complexity index is 814. The minimum atomic E-state index is -0.186. The van der Waals surface area contributed by atoms with Gasteiger partial charge in [0.05, 0.1) is 11.4 Å². The summed E-state index contributed by atoms with van der Waals surface area (Å²) in [4.78, 5) is 16.0. The Labute approximate surface area is 139 Å². The Kier molecular flexibility index (Phi) is 4.58. The van der Waals surface area contributed by atoms with E-state index in [-0.39, 0.29) is 17.4 Å². The molecule has 0 atom stereocenters. The molecule has 0 aliphatic rings. The first-order chi connectivity index (χ1) is 11.1. The first-order valence-corrected chi connectivity index (χ1v) is 8.44. The smallest absolute Gasteiger partial charge is 0.277 e. The normalized spacial score (nSPS) is 10.7. The predicted octanol–water partition coefficient (Wildman–Crippen LogP) is 2.94. The summed E-state index contributed by atoms with van der Waals surface area (Å²) in [6.07, 6.45) is 0. The summed E-state index contributed by atoms with van der Waals surface area (Å²) < 4.78 is 5.48. The van der Waals surface area contributed by atoms with Crippen LogP contribution in [0.2, 0.25) is 0 Å². The third kappa shape index (κ3) is 4.08. The van der Waals surface area contributed by atoms with Gasteiger partial charge in [0.15, 0.2) is 5.13 Å². The van der Waals surface area contributed by atoms with Crippen LogP contribution in [-0.2, 0) is 4.79 Å². The largest absolute Gasteiger partial charge is 0.508 e. The summed E-state index contributed by atoms with van der Waals surface area (Å²) in [7, 11) is 0. The average molecular weight is 348 g/mol. The number of phenols is 1. The Balaban J connectivity index is 1.56. The summed E-state index contributed by atoms with van der Waals surface area (Å²) in [5.74, 6) is 0.463. The summed E-state index contributed by atoms with van der Waals surface area (Å²) in [6, 6.07) is 6.43. The second-order valence-corrected chi connectivity index (χ2v) is 6.34. The number of nitrogens with one attached hydrogen (secondary N) is 1. The van der Waals surface area contributed by atoms with Gasteiger partial charge in [-0.2, -0.15) is 0 Å². The molecule has 0 saturated heterocycles. The van der Waals surface area contributed by atoms with Crippen molar-refractivity contribution in [3.05, 3.63) is 35.3 Å². The molecule has 0 bridgehead atoms. The molecule has 7 nitrogen and oxygen atoms in total. The summed E-state index contributed by atoms with van der Waals surface area (Å²) in [6.45, 7) is 1.87. The Morgan fingerprint density at radius 3 is 2.83 bits per heavy atom. The molecule has 0 aliphatic heterocycles. The van der Waals surface area contributed by atoms with Gasteiger partial charge in [-0.1, -0.05) is 11.8 Å². The molecular formula is C14H12N4O3S2. The molecule has 0 unspecified atom stereocenters. The summed E-state index contributed by atoms with van der Waals surface area (Å²) >= 11 is 2.53. The van der Waals surface area contributed by atoms with Gasteiger partial charge in [-0.3, -0.25) is 4.79 Å². The number of amides is 1. The van der Waals surface area contributed by atoms with Crippen molar-refractivity contribution >= 4 is 34.1 Å². The van der Waals surface area contributed by atoms with Crippen molar-refractivity contribution in [2.45, 2.75) is 12.1 Å². The van der Waals surface area contributed by atoms with E-state index in [1.54, 1.807) is 12.1 Å². The lowest BCUT2D eigenvalue weighted by atomic mass is 10.2. The quantitative estimate of drug-likeness (QED) is 0.684. The number of rotatable bonds is 5. The van der Waals surface area contributed by atoms with Crippen LogP contribution >= 0.6 is 23.1 Å². The first-order valence-electron chi connectivity index (χ1n) is 6.58. The Hall–Kier alpha value is -2.39. The van der Waals surface area contributed by atoms with Gasteiger partial charge >= 0.3 is 0 Å². The lowest BCUT2D eigenvalue weighted by Gasteiger charge is -1.98. The zero-order valence-electron chi connectivity index (χ0n) is 12.0. The SMILES string of the molecule is Cc1csc(NC(=O)CSc2nnc(-c3ccc(O)cc3)o2)n1. The molecule has 1 aromatic carbocycles. The van der Waals surface area contributed by atoms with Gasteiger partial charge in [0.2, 0.25) is 11.8 Å². The van der Waals surface area contributed by atoms with Crippen LogP contribution in [0.25, 0.3) is 11.5 Å². The van der Waals surface area contributed by atoms with Crippen LogP contribution in [0.1, 0.15) is 5.69 Å². The van der Waals surface area contributed by atoms with Crippen LogP contribution in [-0.4, -0.2) is 31.9 Å². The zero-order valence-corrected chi connectivity index (χ0v) is 13.6. The van der Waals surface area contributed by atoms with E-state index in [1.807, 2.05) is 12.3 Å². The fraction of sp³-hybridized carbons (Fsp3) is 0.143. The number of hydrogen-bond donors (Lipinski definition) is 2. The lowest BCUT2D eigenvalue weighted by Crippen LogP contribution is -2.13. The number of aromatic hydroxyl groups is 1. The maximum absolute atomic E-state index is 11.8. The van der Waals surface area contributed by atoms with Gasteiger partial charge in [-0.15, -0.1) is 21.5 Å². The Morgan fingerprint density at radius 1 is 1.35 bits per heavy atom. The lowest BCUT2D eigenvalue weighted by molar-refractivity contribution is -0.113. The molecule has 1 amide bonds. The van der Waals surface area contributed by atoms with E-state index in [0.717, 1.165) is 17.5 Å². The highest BCUT2D eigenvalue weighted by atomic mass is 32.2. The van der Waals surface area contributed by atoms with Crippen molar-refractivity contribution < 1.29 is 14.3 Å². The number of carbonyl (C=O) groups excluding carboxylic acids is 1. The third-order valence-corrected chi connectivity index (χ3v) is 4.41. The van der Waals surface area contributed by atoms with Gasteiger partial charge in [-0.25, -0.2) is 4.98 Å². The molecule has 0 fully saturated rings. The minimum absolute atomic E-state index is 0.149. The highest BCUT2D eigenvalue weighted by Crippen LogP contribution is 2.24. The molecule has 118 valence electrons. The van der Waals surface area contributed by atoms with E-state index in [0.29, 0.717) is 21.8 Å². The van der Waals surface area contributed by atoms with Crippen molar-refractivity contribution in [3.63, 3.8) is 0 Å². The number of anilines is 1. The maximum atomic E-state index is 11.8. The summed E-state index contributed by atoms with van der Waals surface area (Å²) in [5.41, 5.74) is 1.57. The van der Waals surface area contributed by atoms with Crippen molar-refractivity contribution in [2.24, 2.45) is 0 Å². The number of thiazole rings is 1. The molecule has 3 aromatic rings. The van der Waals surface area contributed by atoms with Crippen LogP contribution in [0.5, 0.6) is 5.75 Å². The molecule has 2 aromatic heterocycles. The first kappa shape index (κ1) is 15.5.